The third-order valence-corrected chi connectivity index (χ3v) is 2.09. The molecule has 0 aromatic rings. The summed E-state index contributed by atoms with van der Waals surface area (Å²) in [5.74, 6) is -2.65. The number of hydrogen-bond donors (Lipinski definition) is 0. The SMILES string of the molecule is COC(CBr)=C(F)C(=O)C(Cl)(Cl)Cl. The Morgan fingerprint density at radius 3 is 2.23 bits per heavy atom. The van der Waals surface area contributed by atoms with Crippen LogP contribution in [0.25, 0.3) is 0 Å². The summed E-state index contributed by atoms with van der Waals surface area (Å²) in [4.78, 5) is 11.0. The van der Waals surface area contributed by atoms with Gasteiger partial charge in [-0.25, -0.2) is 0 Å². The van der Waals surface area contributed by atoms with Crippen molar-refractivity contribution >= 4 is 56.5 Å². The molecule has 0 N–H and O–H groups in total. The molecule has 0 saturated carbocycles. The average molecular weight is 314 g/mol. The first-order valence-corrected chi connectivity index (χ1v) is 5.20. The Labute approximate surface area is 98.1 Å². The summed E-state index contributed by atoms with van der Waals surface area (Å²) in [5, 5.41) is 0.0296. The maximum Gasteiger partial charge on any atom is 0.256 e. The molecule has 0 saturated heterocycles. The van der Waals surface area contributed by atoms with Gasteiger partial charge < -0.3 is 4.74 Å². The third kappa shape index (κ3) is 4.02. The molecule has 0 aliphatic rings. The van der Waals surface area contributed by atoms with Gasteiger partial charge in [-0.15, -0.1) is 0 Å². The predicted octanol–water partition coefficient (Wildman–Crippen LogP) is 3.15. The summed E-state index contributed by atoms with van der Waals surface area (Å²) in [7, 11) is 1.21. The fraction of sp³-hybridized carbons (Fsp3) is 0.500. The van der Waals surface area contributed by atoms with E-state index >= 15 is 0 Å². The number of methoxy groups -OCH3 is 1. The van der Waals surface area contributed by atoms with Crippen LogP contribution in [-0.2, 0) is 9.53 Å². The highest BCUT2D eigenvalue weighted by atomic mass is 79.9. The van der Waals surface area contributed by atoms with Gasteiger partial charge in [0.15, 0.2) is 0 Å². The van der Waals surface area contributed by atoms with Crippen LogP contribution in [0.4, 0.5) is 4.39 Å². The fourth-order valence-corrected chi connectivity index (χ4v) is 1.18. The van der Waals surface area contributed by atoms with Crippen LogP contribution in [0.15, 0.2) is 11.6 Å². The average Bonchev–Trinajstić information content (AvgIpc) is 2.03. The van der Waals surface area contributed by atoms with E-state index in [2.05, 4.69) is 20.7 Å². The lowest BCUT2D eigenvalue weighted by Gasteiger charge is -2.09. The molecule has 0 aromatic carbocycles. The maximum atomic E-state index is 13.1. The molecule has 0 spiro atoms. The topological polar surface area (TPSA) is 26.3 Å². The minimum absolute atomic E-state index is 0.0296. The molecule has 0 aromatic heterocycles. The number of rotatable bonds is 3. The molecule has 0 bridgehead atoms. The van der Waals surface area contributed by atoms with Crippen molar-refractivity contribution in [1.29, 1.82) is 0 Å². The molecule has 2 nitrogen and oxygen atoms in total. The summed E-state index contributed by atoms with van der Waals surface area (Å²) < 4.78 is 15.3. The van der Waals surface area contributed by atoms with Crippen LogP contribution in [0.3, 0.4) is 0 Å². The monoisotopic (exact) mass is 312 g/mol. The van der Waals surface area contributed by atoms with E-state index in [-0.39, 0.29) is 11.1 Å². The quantitative estimate of drug-likeness (QED) is 0.454. The molecule has 0 aliphatic carbocycles. The molecular formula is C6H5BrCl3FO2. The van der Waals surface area contributed by atoms with Gasteiger partial charge in [-0.05, 0) is 0 Å². The van der Waals surface area contributed by atoms with E-state index in [1.54, 1.807) is 0 Å². The van der Waals surface area contributed by atoms with Gasteiger partial charge in [-0.2, -0.15) is 4.39 Å². The molecule has 13 heavy (non-hydrogen) atoms. The number of hydrogen-bond acceptors (Lipinski definition) is 2. The van der Waals surface area contributed by atoms with E-state index < -0.39 is 15.4 Å². The standard InChI is InChI=1S/C6H5BrCl3FO2/c1-13-3(2-7)4(11)5(12)6(8,9)10/h2H2,1H3. The van der Waals surface area contributed by atoms with Gasteiger partial charge in [0.25, 0.3) is 3.79 Å². The van der Waals surface area contributed by atoms with Crippen molar-refractivity contribution in [3.63, 3.8) is 0 Å². The first-order chi connectivity index (χ1) is 5.84. The van der Waals surface area contributed by atoms with E-state index in [0.717, 1.165) is 0 Å². The zero-order valence-electron chi connectivity index (χ0n) is 6.41. The minimum atomic E-state index is -2.30. The zero-order chi connectivity index (χ0) is 10.6. The summed E-state index contributed by atoms with van der Waals surface area (Å²) >= 11 is 18.4. The van der Waals surface area contributed by atoms with Crippen molar-refractivity contribution in [3.8, 4) is 0 Å². The number of ketones is 1. The Morgan fingerprint density at radius 1 is 1.54 bits per heavy atom. The van der Waals surface area contributed by atoms with Gasteiger partial charge in [0.05, 0.1) is 12.4 Å². The lowest BCUT2D eigenvalue weighted by molar-refractivity contribution is -0.116. The van der Waals surface area contributed by atoms with E-state index in [1.165, 1.54) is 7.11 Å². The Kier molecular flexibility index (Phi) is 5.59. The number of halogens is 5. The molecular weight excluding hydrogens is 309 g/mol. The van der Waals surface area contributed by atoms with E-state index in [9.17, 15) is 9.18 Å². The van der Waals surface area contributed by atoms with Gasteiger partial charge >= 0.3 is 0 Å². The van der Waals surface area contributed by atoms with Crippen molar-refractivity contribution in [3.05, 3.63) is 11.6 Å². The number of allylic oxidation sites excluding steroid dienone is 2. The van der Waals surface area contributed by atoms with Crippen LogP contribution in [0.1, 0.15) is 0 Å². The van der Waals surface area contributed by atoms with Crippen molar-refractivity contribution in [2.45, 2.75) is 3.79 Å². The lowest BCUT2D eigenvalue weighted by atomic mass is 10.3. The number of alkyl halides is 4. The van der Waals surface area contributed by atoms with E-state index in [1.807, 2.05) is 0 Å². The minimum Gasteiger partial charge on any atom is -0.497 e. The Morgan fingerprint density at radius 2 is 2.00 bits per heavy atom. The van der Waals surface area contributed by atoms with Crippen LogP contribution in [-0.4, -0.2) is 22.0 Å². The van der Waals surface area contributed by atoms with E-state index in [4.69, 9.17) is 34.8 Å². The van der Waals surface area contributed by atoms with Crippen molar-refractivity contribution in [2.75, 3.05) is 12.4 Å². The van der Waals surface area contributed by atoms with Gasteiger partial charge in [0, 0.05) is 0 Å². The summed E-state index contributed by atoms with van der Waals surface area (Å²) in [5.41, 5.74) is 0. The van der Waals surface area contributed by atoms with Crippen molar-refractivity contribution in [2.24, 2.45) is 0 Å². The second-order valence-electron chi connectivity index (χ2n) is 1.90. The second-order valence-corrected chi connectivity index (χ2v) is 4.74. The summed E-state index contributed by atoms with van der Waals surface area (Å²) in [6, 6.07) is 0. The molecule has 0 atom stereocenters. The van der Waals surface area contributed by atoms with Gasteiger partial charge in [-0.1, -0.05) is 50.7 Å². The highest BCUT2D eigenvalue weighted by Crippen LogP contribution is 2.31. The maximum absolute atomic E-state index is 13.1. The number of Topliss-reactive ketones (excluding diaryl/α,β-unsaturated/α-hetero) is 1. The van der Waals surface area contributed by atoms with Crippen LogP contribution >= 0.6 is 50.7 Å². The second kappa shape index (κ2) is 5.39. The molecule has 7 heteroatoms. The number of carbonyl (C=O) groups excluding carboxylic acids is 1. The van der Waals surface area contributed by atoms with E-state index in [0.29, 0.717) is 0 Å². The molecule has 76 valence electrons. The number of carbonyl (C=O) groups is 1. The Balaban J connectivity index is 4.87. The highest BCUT2D eigenvalue weighted by molar-refractivity contribution is 9.09. The van der Waals surface area contributed by atoms with Crippen LogP contribution in [0.5, 0.6) is 0 Å². The number of ether oxygens (including phenoxy) is 1. The molecule has 0 rings (SSSR count). The van der Waals surface area contributed by atoms with Crippen molar-refractivity contribution in [1.82, 2.24) is 0 Å². The van der Waals surface area contributed by atoms with Crippen molar-refractivity contribution < 1.29 is 13.9 Å². The predicted molar refractivity (Wildman–Crippen MR) is 54.2 cm³/mol. The van der Waals surface area contributed by atoms with Crippen LogP contribution in [0.2, 0.25) is 0 Å². The first kappa shape index (κ1) is 13.5. The van der Waals surface area contributed by atoms with Gasteiger partial charge in [-0.3, -0.25) is 4.79 Å². The smallest absolute Gasteiger partial charge is 0.256 e. The Hall–Kier alpha value is 0.490. The lowest BCUT2D eigenvalue weighted by Crippen LogP contribution is -2.20. The molecule has 0 amide bonds. The molecule has 0 radical (unpaired) electrons. The Bertz CT molecular complexity index is 231. The highest BCUT2D eigenvalue weighted by Gasteiger charge is 2.35. The normalized spacial score (nSPS) is 13.7. The van der Waals surface area contributed by atoms with Crippen LogP contribution < -0.4 is 0 Å². The summed E-state index contributed by atoms with van der Waals surface area (Å²) in [6.45, 7) is 0. The molecule has 0 aliphatic heterocycles. The fourth-order valence-electron chi connectivity index (χ4n) is 0.454. The molecule has 0 unspecified atom stereocenters. The van der Waals surface area contributed by atoms with Gasteiger partial charge in [0.1, 0.15) is 5.76 Å². The molecule has 0 fully saturated rings. The summed E-state index contributed by atoms with van der Waals surface area (Å²) in [6.07, 6.45) is 0. The zero-order valence-corrected chi connectivity index (χ0v) is 10.3. The molecule has 0 heterocycles. The first-order valence-electron chi connectivity index (χ1n) is 2.94. The van der Waals surface area contributed by atoms with Crippen LogP contribution in [0, 0.1) is 0 Å². The van der Waals surface area contributed by atoms with Gasteiger partial charge in [0.2, 0.25) is 11.6 Å². The third-order valence-electron chi connectivity index (χ3n) is 1.07. The largest absolute Gasteiger partial charge is 0.497 e.